The molecule has 0 spiro atoms. The molecule has 2 nitrogen and oxygen atoms in total. The van der Waals surface area contributed by atoms with Gasteiger partial charge < -0.3 is 4.90 Å². The van der Waals surface area contributed by atoms with E-state index in [-0.39, 0.29) is 10.8 Å². The van der Waals surface area contributed by atoms with Gasteiger partial charge >= 0.3 is 0 Å². The molecule has 0 aromatic heterocycles. The Morgan fingerprint density at radius 3 is 2.13 bits per heavy atom. The molecular weight excluding hydrogens is 460 g/mol. The molecule has 2 heterocycles. The third-order valence-electron chi connectivity index (χ3n) is 8.91. The van der Waals surface area contributed by atoms with Crippen LogP contribution in [0.2, 0.25) is 0 Å². The molecule has 0 amide bonds. The van der Waals surface area contributed by atoms with Crippen LogP contribution >= 0.6 is 0 Å². The number of anilines is 1. The van der Waals surface area contributed by atoms with Crippen molar-refractivity contribution >= 4 is 38.6 Å². The average Bonchev–Trinajstić information content (AvgIpc) is 3.26. The summed E-state index contributed by atoms with van der Waals surface area (Å²) in [6.07, 6.45) is 12.4. The second kappa shape index (κ2) is 8.84. The fraction of sp³-hybridized carbons (Fsp3) is 0.250. The van der Waals surface area contributed by atoms with E-state index in [9.17, 15) is 0 Å². The molecule has 0 radical (unpaired) electrons. The number of hydrogen-bond donors (Lipinski definition) is 0. The summed E-state index contributed by atoms with van der Waals surface area (Å²) in [6, 6.07) is 26.6. The van der Waals surface area contributed by atoms with Crippen LogP contribution in [0.4, 0.5) is 11.4 Å². The summed E-state index contributed by atoms with van der Waals surface area (Å²) in [4.78, 5) is 2.39. The lowest BCUT2D eigenvalue weighted by atomic mass is 9.76. The Morgan fingerprint density at radius 1 is 0.816 bits per heavy atom. The van der Waals surface area contributed by atoms with Crippen molar-refractivity contribution in [2.24, 2.45) is 0 Å². The topological polar surface area (TPSA) is 6.25 Å². The van der Waals surface area contributed by atoms with Crippen molar-refractivity contribution in [1.29, 1.82) is 0 Å². The lowest BCUT2D eigenvalue weighted by Crippen LogP contribution is -2.27. The summed E-state index contributed by atoms with van der Waals surface area (Å²) >= 11 is 0. The first kappa shape index (κ1) is 24.4. The molecule has 2 aliphatic heterocycles. The largest absolute Gasteiger partial charge is 0.347 e. The Labute approximate surface area is 226 Å². The molecule has 6 rings (SSSR count). The first-order valence-electron chi connectivity index (χ1n) is 13.7. The second-order valence-electron chi connectivity index (χ2n) is 11.5. The van der Waals surface area contributed by atoms with E-state index in [4.69, 9.17) is 0 Å². The van der Waals surface area contributed by atoms with Crippen molar-refractivity contribution in [3.05, 3.63) is 120 Å². The van der Waals surface area contributed by atoms with Gasteiger partial charge in [-0.3, -0.25) is 0 Å². The van der Waals surface area contributed by atoms with E-state index in [1.54, 1.807) is 0 Å². The van der Waals surface area contributed by atoms with Crippen molar-refractivity contribution in [3.8, 4) is 0 Å². The van der Waals surface area contributed by atoms with Gasteiger partial charge in [-0.05, 0) is 79.4 Å². The number of hydrogen-bond acceptors (Lipinski definition) is 1. The van der Waals surface area contributed by atoms with Gasteiger partial charge in [0, 0.05) is 41.6 Å². The van der Waals surface area contributed by atoms with Gasteiger partial charge in [0.05, 0.1) is 5.41 Å². The van der Waals surface area contributed by atoms with Crippen LogP contribution in [0.25, 0.3) is 21.5 Å². The van der Waals surface area contributed by atoms with Crippen molar-refractivity contribution < 1.29 is 4.58 Å². The Balaban J connectivity index is 1.45. The van der Waals surface area contributed by atoms with Gasteiger partial charge in [-0.15, -0.1) is 0 Å². The molecule has 1 atom stereocenters. The predicted molar refractivity (Wildman–Crippen MR) is 164 cm³/mol. The summed E-state index contributed by atoms with van der Waals surface area (Å²) in [5, 5.41) is 5.31. The Hall–Kier alpha value is -3.91. The summed E-state index contributed by atoms with van der Waals surface area (Å²) in [7, 11) is 4.42. The molecule has 0 fully saturated rings. The standard InChI is InChI=1S/C36H37N2/c1-7-8-24-36(4)32(38(6)30-23-21-26-15-10-12-17-28(26)34(30)36)19-13-18-31-35(2,3)33-27-16-11-9-14-25(27)20-22-29(33)37(31)5/h7-23H,24H2,1-6H3/q+1. The highest BCUT2D eigenvalue weighted by atomic mass is 15.2. The number of fused-ring (bicyclic) bond motifs is 6. The molecular formula is C36H37N2+. The van der Waals surface area contributed by atoms with Crippen LogP contribution in [0, 0.1) is 0 Å². The van der Waals surface area contributed by atoms with E-state index in [2.05, 4.69) is 154 Å². The molecule has 4 aromatic rings. The maximum Gasteiger partial charge on any atom is 0.210 e. The third kappa shape index (κ3) is 3.43. The van der Waals surface area contributed by atoms with E-state index < -0.39 is 0 Å². The fourth-order valence-corrected chi connectivity index (χ4v) is 7.03. The van der Waals surface area contributed by atoms with Gasteiger partial charge in [0.15, 0.2) is 5.71 Å². The minimum absolute atomic E-state index is 0.0883. The minimum atomic E-state index is -0.108. The SMILES string of the molecule is CC=CCC1(C)C(=CC=CC2=[N+](C)c3ccc4ccccc4c3C2(C)C)N(C)c2ccc3ccccc3c21. The molecule has 0 saturated heterocycles. The summed E-state index contributed by atoms with van der Waals surface area (Å²) in [5.74, 6) is 0. The summed E-state index contributed by atoms with van der Waals surface area (Å²) in [6.45, 7) is 9.23. The number of likely N-dealkylation sites (N-methyl/N-ethyl adjacent to an activating group) is 1. The van der Waals surface area contributed by atoms with Crippen LogP contribution in [0.3, 0.4) is 0 Å². The first-order valence-corrected chi connectivity index (χ1v) is 13.7. The number of benzene rings is 4. The first-order chi connectivity index (χ1) is 18.3. The molecule has 0 N–H and O–H groups in total. The number of allylic oxidation sites excluding steroid dienone is 6. The van der Waals surface area contributed by atoms with Crippen molar-refractivity contribution in [2.45, 2.75) is 44.9 Å². The van der Waals surface area contributed by atoms with Crippen LogP contribution in [0.5, 0.6) is 0 Å². The highest BCUT2D eigenvalue weighted by molar-refractivity contribution is 6.07. The van der Waals surface area contributed by atoms with Gasteiger partial charge in [-0.1, -0.05) is 72.8 Å². The molecule has 0 bridgehead atoms. The molecule has 1 unspecified atom stereocenters. The molecule has 2 heteroatoms. The van der Waals surface area contributed by atoms with Crippen molar-refractivity contribution in [3.63, 3.8) is 0 Å². The average molecular weight is 498 g/mol. The van der Waals surface area contributed by atoms with E-state index in [1.165, 1.54) is 55.5 Å². The normalized spacial score (nSPS) is 21.5. The Morgan fingerprint density at radius 2 is 1.45 bits per heavy atom. The van der Waals surface area contributed by atoms with Gasteiger partial charge in [0.25, 0.3) is 0 Å². The van der Waals surface area contributed by atoms with Gasteiger partial charge in [-0.25, -0.2) is 0 Å². The molecule has 4 aromatic carbocycles. The third-order valence-corrected chi connectivity index (χ3v) is 8.91. The van der Waals surface area contributed by atoms with E-state index in [0.29, 0.717) is 0 Å². The highest BCUT2D eigenvalue weighted by Crippen LogP contribution is 2.52. The van der Waals surface area contributed by atoms with Crippen molar-refractivity contribution in [2.75, 3.05) is 19.0 Å². The molecule has 2 aliphatic rings. The van der Waals surface area contributed by atoms with E-state index in [1.807, 2.05) is 0 Å². The Bertz CT molecular complexity index is 1710. The van der Waals surface area contributed by atoms with Gasteiger partial charge in [0.2, 0.25) is 5.69 Å². The maximum atomic E-state index is 2.40. The van der Waals surface area contributed by atoms with Crippen LogP contribution < -0.4 is 4.90 Å². The fourth-order valence-electron chi connectivity index (χ4n) is 7.03. The zero-order valence-corrected chi connectivity index (χ0v) is 23.4. The molecule has 0 saturated carbocycles. The molecule has 190 valence electrons. The highest BCUT2D eigenvalue weighted by Gasteiger charge is 2.45. The molecule has 0 aliphatic carbocycles. The minimum Gasteiger partial charge on any atom is -0.347 e. The second-order valence-corrected chi connectivity index (χ2v) is 11.5. The maximum absolute atomic E-state index is 2.40. The monoisotopic (exact) mass is 497 g/mol. The predicted octanol–water partition coefficient (Wildman–Crippen LogP) is 8.81. The number of rotatable bonds is 4. The van der Waals surface area contributed by atoms with Gasteiger partial charge in [-0.2, -0.15) is 4.58 Å². The zero-order chi connectivity index (χ0) is 26.7. The number of nitrogens with zero attached hydrogens (tertiary/aromatic N) is 2. The Kier molecular flexibility index (Phi) is 5.68. The van der Waals surface area contributed by atoms with Crippen LogP contribution in [0.1, 0.15) is 45.2 Å². The zero-order valence-electron chi connectivity index (χ0n) is 23.4. The lowest BCUT2D eigenvalue weighted by Gasteiger charge is -2.28. The smallest absolute Gasteiger partial charge is 0.210 e. The summed E-state index contributed by atoms with van der Waals surface area (Å²) < 4.78 is 2.37. The van der Waals surface area contributed by atoms with Gasteiger partial charge in [0.1, 0.15) is 7.05 Å². The van der Waals surface area contributed by atoms with Crippen LogP contribution in [-0.4, -0.2) is 24.4 Å². The van der Waals surface area contributed by atoms with E-state index >= 15 is 0 Å². The van der Waals surface area contributed by atoms with Crippen LogP contribution in [0.15, 0.2) is 109 Å². The molecule has 38 heavy (non-hydrogen) atoms. The van der Waals surface area contributed by atoms with Crippen molar-refractivity contribution in [1.82, 2.24) is 0 Å². The lowest BCUT2D eigenvalue weighted by molar-refractivity contribution is -0.401. The summed E-state index contributed by atoms with van der Waals surface area (Å²) in [5.41, 5.74) is 7.91. The quantitative estimate of drug-likeness (QED) is 0.202. The van der Waals surface area contributed by atoms with E-state index in [0.717, 1.165) is 6.42 Å². The van der Waals surface area contributed by atoms with Crippen LogP contribution in [-0.2, 0) is 10.8 Å².